The topological polar surface area (TPSA) is 76.0 Å². The van der Waals surface area contributed by atoms with Gasteiger partial charge >= 0.3 is 5.97 Å². The largest absolute Gasteiger partial charge is 0.508 e. The van der Waals surface area contributed by atoms with E-state index in [1.54, 1.807) is 26.0 Å². The molecule has 0 amide bonds. The number of fused-ring (bicyclic) bond motifs is 1. The molecule has 5 heteroatoms. The molecule has 1 aromatic rings. The molecule has 0 unspecified atom stereocenters. The molecule has 32 heavy (non-hydrogen) atoms. The molecular formula is C27H36O5. The average molecular weight is 441 g/mol. The smallest absolute Gasteiger partial charge is 0.334 e. The van der Waals surface area contributed by atoms with Gasteiger partial charge in [0.1, 0.15) is 23.2 Å². The van der Waals surface area contributed by atoms with Crippen molar-refractivity contribution in [2.24, 2.45) is 0 Å². The maximum absolute atomic E-state index is 12.2. The molecule has 0 spiro atoms. The molecule has 2 N–H and O–H groups in total. The van der Waals surface area contributed by atoms with Gasteiger partial charge in [-0.05, 0) is 96.9 Å². The van der Waals surface area contributed by atoms with E-state index < -0.39 is 11.7 Å². The number of aryl methyl sites for hydroxylation is 1. The van der Waals surface area contributed by atoms with Crippen LogP contribution in [-0.4, -0.2) is 33.5 Å². The van der Waals surface area contributed by atoms with E-state index in [-0.39, 0.29) is 17.3 Å². The van der Waals surface area contributed by atoms with Gasteiger partial charge in [0.25, 0.3) is 0 Å². The third-order valence-corrected chi connectivity index (χ3v) is 6.28. The van der Waals surface area contributed by atoms with Gasteiger partial charge < -0.3 is 19.7 Å². The number of aromatic hydroxyl groups is 1. The number of rotatable bonds is 7. The Bertz CT molecular complexity index is 948. The third-order valence-electron chi connectivity index (χ3n) is 6.28. The van der Waals surface area contributed by atoms with E-state index in [0.29, 0.717) is 18.4 Å². The second-order valence-electron chi connectivity index (χ2n) is 9.87. The Balaban J connectivity index is 1.48. The zero-order valence-corrected chi connectivity index (χ0v) is 19.9. The van der Waals surface area contributed by atoms with Gasteiger partial charge in [0, 0.05) is 11.1 Å². The summed E-state index contributed by atoms with van der Waals surface area (Å²) in [5.74, 6) is 0.791. The Hall–Kier alpha value is -2.53. The lowest BCUT2D eigenvalue weighted by Crippen LogP contribution is -2.42. The summed E-state index contributed by atoms with van der Waals surface area (Å²) in [7, 11) is 0. The van der Waals surface area contributed by atoms with Gasteiger partial charge in [-0.15, -0.1) is 0 Å². The predicted molar refractivity (Wildman–Crippen MR) is 127 cm³/mol. The highest BCUT2D eigenvalue weighted by molar-refractivity contribution is 5.89. The number of ether oxygens (including phenoxy) is 2. The lowest BCUT2D eigenvalue weighted by Gasteiger charge is -2.32. The standard InChI is InChI=1S/C27H36O5/c1-18(8-6-10-20-11-12-23(26(3,4)30)31-25(20)29)9-7-14-27(5)15-13-21-17-22(28)16-19(2)24(21)32-27/h9-10,13,15-17,23,28,30H,6-8,11-12,14H2,1-5H3/t23-,27+/m1/s1. The summed E-state index contributed by atoms with van der Waals surface area (Å²) in [6, 6.07) is 3.45. The van der Waals surface area contributed by atoms with Crippen molar-refractivity contribution in [2.45, 2.75) is 90.4 Å². The number of carbonyl (C=O) groups is 1. The van der Waals surface area contributed by atoms with Gasteiger partial charge in [-0.25, -0.2) is 4.79 Å². The Labute approximate surface area is 191 Å². The normalized spacial score (nSPS) is 24.8. The number of hydrogen-bond donors (Lipinski definition) is 2. The first-order chi connectivity index (χ1) is 15.0. The molecule has 0 bridgehead atoms. The highest BCUT2D eigenvalue weighted by atomic mass is 16.6. The third kappa shape index (κ3) is 6.04. The summed E-state index contributed by atoms with van der Waals surface area (Å²) in [6.07, 6.45) is 12.6. The first kappa shape index (κ1) is 24.1. The number of carbonyl (C=O) groups excluding carboxylic acids is 1. The first-order valence-corrected chi connectivity index (χ1v) is 11.5. The minimum Gasteiger partial charge on any atom is -0.508 e. The molecule has 5 nitrogen and oxygen atoms in total. The molecule has 0 aliphatic carbocycles. The predicted octanol–water partition coefficient (Wildman–Crippen LogP) is 5.77. The molecule has 174 valence electrons. The zero-order valence-electron chi connectivity index (χ0n) is 19.9. The van der Waals surface area contributed by atoms with E-state index in [4.69, 9.17) is 9.47 Å². The molecule has 1 fully saturated rings. The highest BCUT2D eigenvalue weighted by Crippen LogP contribution is 2.38. The van der Waals surface area contributed by atoms with E-state index in [0.717, 1.165) is 42.6 Å². The summed E-state index contributed by atoms with van der Waals surface area (Å²) in [6.45, 7) is 9.50. The Morgan fingerprint density at radius 3 is 2.75 bits per heavy atom. The number of phenols is 1. The second-order valence-corrected chi connectivity index (χ2v) is 9.87. The minimum absolute atomic E-state index is 0.255. The minimum atomic E-state index is -1.00. The summed E-state index contributed by atoms with van der Waals surface area (Å²) < 4.78 is 11.7. The van der Waals surface area contributed by atoms with Crippen molar-refractivity contribution >= 4 is 12.0 Å². The fourth-order valence-corrected chi connectivity index (χ4v) is 4.23. The summed E-state index contributed by atoms with van der Waals surface area (Å²) in [4.78, 5) is 12.2. The maximum atomic E-state index is 12.2. The monoisotopic (exact) mass is 440 g/mol. The number of benzene rings is 1. The van der Waals surface area contributed by atoms with E-state index in [9.17, 15) is 15.0 Å². The van der Waals surface area contributed by atoms with Crippen molar-refractivity contribution < 1.29 is 24.5 Å². The Morgan fingerprint density at radius 2 is 2.06 bits per heavy atom. The van der Waals surface area contributed by atoms with Crippen LogP contribution in [0.3, 0.4) is 0 Å². The number of cyclic esters (lactones) is 1. The number of aliphatic hydroxyl groups is 1. The molecule has 2 heterocycles. The molecule has 2 aliphatic rings. The fourth-order valence-electron chi connectivity index (χ4n) is 4.23. The summed E-state index contributed by atoms with van der Waals surface area (Å²) >= 11 is 0. The molecule has 1 saturated heterocycles. The van der Waals surface area contributed by atoms with Gasteiger partial charge in [0.15, 0.2) is 0 Å². The van der Waals surface area contributed by atoms with E-state index in [1.165, 1.54) is 5.57 Å². The van der Waals surface area contributed by atoms with Gasteiger partial charge in [0.2, 0.25) is 0 Å². The van der Waals surface area contributed by atoms with Crippen LogP contribution in [0.4, 0.5) is 0 Å². The molecule has 2 aliphatic heterocycles. The van der Waals surface area contributed by atoms with Gasteiger partial charge in [-0.2, -0.15) is 0 Å². The van der Waals surface area contributed by atoms with Crippen LogP contribution >= 0.6 is 0 Å². The van der Waals surface area contributed by atoms with Crippen LogP contribution in [0.1, 0.15) is 77.3 Å². The van der Waals surface area contributed by atoms with E-state index >= 15 is 0 Å². The number of esters is 1. The SMILES string of the molecule is CC(=CCC[C@@]1(C)C=Cc2cc(O)cc(C)c2O1)CCC=C1CC[C@H](C(C)(C)O)OC1=O. The van der Waals surface area contributed by atoms with Crippen molar-refractivity contribution in [3.8, 4) is 11.5 Å². The summed E-state index contributed by atoms with van der Waals surface area (Å²) in [5.41, 5.74) is 2.46. The fraction of sp³-hybridized carbons (Fsp3) is 0.519. The van der Waals surface area contributed by atoms with Crippen LogP contribution in [0.25, 0.3) is 6.08 Å². The van der Waals surface area contributed by atoms with Crippen molar-refractivity contribution in [3.05, 3.63) is 52.6 Å². The number of hydrogen-bond acceptors (Lipinski definition) is 5. The Kier molecular flexibility index (Phi) is 7.19. The van der Waals surface area contributed by atoms with E-state index in [2.05, 4.69) is 26.0 Å². The van der Waals surface area contributed by atoms with Crippen LogP contribution in [0.15, 0.2) is 41.5 Å². The van der Waals surface area contributed by atoms with Crippen LogP contribution in [0.5, 0.6) is 11.5 Å². The zero-order chi connectivity index (χ0) is 23.5. The second kappa shape index (κ2) is 9.53. The van der Waals surface area contributed by atoms with Gasteiger partial charge in [-0.3, -0.25) is 0 Å². The molecule has 2 atom stereocenters. The van der Waals surface area contributed by atoms with Crippen molar-refractivity contribution in [2.75, 3.05) is 0 Å². The van der Waals surface area contributed by atoms with Crippen LogP contribution < -0.4 is 4.74 Å². The highest BCUT2D eigenvalue weighted by Gasteiger charge is 2.35. The van der Waals surface area contributed by atoms with Crippen LogP contribution in [0, 0.1) is 6.92 Å². The molecular weight excluding hydrogens is 404 g/mol. The lowest BCUT2D eigenvalue weighted by atomic mass is 9.92. The molecule has 1 aromatic carbocycles. The molecule has 0 radical (unpaired) electrons. The quantitative estimate of drug-likeness (QED) is 0.320. The van der Waals surface area contributed by atoms with Crippen molar-refractivity contribution in [3.63, 3.8) is 0 Å². The number of phenolic OH excluding ortho intramolecular Hbond substituents is 1. The maximum Gasteiger partial charge on any atom is 0.334 e. The van der Waals surface area contributed by atoms with Crippen LogP contribution in [-0.2, 0) is 9.53 Å². The lowest BCUT2D eigenvalue weighted by molar-refractivity contribution is -0.162. The van der Waals surface area contributed by atoms with Crippen molar-refractivity contribution in [1.82, 2.24) is 0 Å². The Morgan fingerprint density at radius 1 is 1.31 bits per heavy atom. The molecule has 3 rings (SSSR count). The van der Waals surface area contributed by atoms with E-state index in [1.807, 2.05) is 19.1 Å². The van der Waals surface area contributed by atoms with Gasteiger partial charge in [0.05, 0.1) is 5.60 Å². The number of allylic oxidation sites excluding steroid dienone is 3. The average Bonchev–Trinajstić information content (AvgIpc) is 2.69. The molecule has 0 aromatic heterocycles. The first-order valence-electron chi connectivity index (χ1n) is 11.5. The van der Waals surface area contributed by atoms with Gasteiger partial charge in [-0.1, -0.05) is 23.8 Å². The van der Waals surface area contributed by atoms with Crippen LogP contribution in [0.2, 0.25) is 0 Å². The summed E-state index contributed by atoms with van der Waals surface area (Å²) in [5, 5.41) is 19.8. The van der Waals surface area contributed by atoms with Crippen molar-refractivity contribution in [1.29, 1.82) is 0 Å². The molecule has 0 saturated carbocycles.